The predicted octanol–water partition coefficient (Wildman–Crippen LogP) is 5.08. The molecule has 152 valence electrons. The van der Waals surface area contributed by atoms with Crippen LogP contribution in [0.1, 0.15) is 21.7 Å². The Kier molecular flexibility index (Phi) is 5.74. The largest absolute Gasteiger partial charge is 0.496 e. The minimum Gasteiger partial charge on any atom is -0.496 e. The second kappa shape index (κ2) is 8.45. The van der Waals surface area contributed by atoms with E-state index in [1.54, 1.807) is 31.5 Å². The summed E-state index contributed by atoms with van der Waals surface area (Å²) < 4.78 is 8.14. The molecule has 0 aliphatic rings. The van der Waals surface area contributed by atoms with Crippen LogP contribution in [0.5, 0.6) is 5.75 Å². The Bertz CT molecular complexity index is 1260. The van der Waals surface area contributed by atoms with Crippen LogP contribution in [0.3, 0.4) is 0 Å². The lowest BCUT2D eigenvalue weighted by atomic mass is 10.1. The second-order valence-electron chi connectivity index (χ2n) is 6.65. The third kappa shape index (κ3) is 3.91. The van der Waals surface area contributed by atoms with Crippen molar-refractivity contribution in [2.75, 3.05) is 7.11 Å². The van der Waals surface area contributed by atoms with E-state index in [0.717, 1.165) is 21.4 Å². The molecular weight excluding hydrogens is 468 g/mol. The molecule has 1 N–H and O–H groups in total. The molecular formula is C22H18BrClN4O2. The van der Waals surface area contributed by atoms with Gasteiger partial charge in [0.25, 0.3) is 5.91 Å². The van der Waals surface area contributed by atoms with Crippen molar-refractivity contribution in [2.24, 2.45) is 0 Å². The fourth-order valence-electron chi connectivity index (χ4n) is 3.30. The number of aryl methyl sites for hydroxylation is 1. The highest BCUT2D eigenvalue weighted by molar-refractivity contribution is 9.10. The lowest BCUT2D eigenvalue weighted by molar-refractivity contribution is 0.0950. The number of aromatic nitrogens is 3. The molecule has 2 heterocycles. The SMILES string of the molecule is COc1ccc(Br)cc1CNC(=O)c1ccc(Cl)c(-n2c(C)nc3cccnc32)c1. The molecule has 0 saturated heterocycles. The van der Waals surface area contributed by atoms with Gasteiger partial charge in [-0.2, -0.15) is 0 Å². The van der Waals surface area contributed by atoms with Crippen LogP contribution in [0.25, 0.3) is 16.9 Å². The number of nitrogens with zero attached hydrogens (tertiary/aromatic N) is 3. The Labute approximate surface area is 187 Å². The zero-order chi connectivity index (χ0) is 21.3. The van der Waals surface area contributed by atoms with Gasteiger partial charge >= 0.3 is 0 Å². The van der Waals surface area contributed by atoms with Crippen LogP contribution in [-0.2, 0) is 6.54 Å². The van der Waals surface area contributed by atoms with Crippen molar-refractivity contribution >= 4 is 44.6 Å². The van der Waals surface area contributed by atoms with E-state index in [2.05, 4.69) is 31.2 Å². The number of carbonyl (C=O) groups excluding carboxylic acids is 1. The van der Waals surface area contributed by atoms with E-state index in [9.17, 15) is 4.79 Å². The van der Waals surface area contributed by atoms with Crippen molar-refractivity contribution in [3.05, 3.63) is 81.2 Å². The zero-order valence-corrected chi connectivity index (χ0v) is 18.7. The van der Waals surface area contributed by atoms with Crippen molar-refractivity contribution in [2.45, 2.75) is 13.5 Å². The number of hydrogen-bond donors (Lipinski definition) is 1. The summed E-state index contributed by atoms with van der Waals surface area (Å²) in [6.07, 6.45) is 1.70. The molecule has 0 aliphatic carbocycles. The minimum absolute atomic E-state index is 0.218. The average molecular weight is 486 g/mol. The summed E-state index contributed by atoms with van der Waals surface area (Å²) in [6.45, 7) is 2.21. The van der Waals surface area contributed by atoms with Gasteiger partial charge in [0, 0.05) is 28.3 Å². The molecule has 0 bridgehead atoms. The highest BCUT2D eigenvalue weighted by Crippen LogP contribution is 2.27. The normalized spacial score (nSPS) is 10.9. The Morgan fingerprint density at radius 1 is 1.23 bits per heavy atom. The molecule has 4 aromatic rings. The van der Waals surface area contributed by atoms with E-state index in [0.29, 0.717) is 34.2 Å². The number of benzene rings is 2. The summed E-state index contributed by atoms with van der Waals surface area (Å²) in [5.41, 5.74) is 3.47. The van der Waals surface area contributed by atoms with Crippen molar-refractivity contribution < 1.29 is 9.53 Å². The van der Waals surface area contributed by atoms with Gasteiger partial charge in [-0.05, 0) is 55.5 Å². The van der Waals surface area contributed by atoms with Crippen molar-refractivity contribution in [3.63, 3.8) is 0 Å². The maximum absolute atomic E-state index is 12.8. The van der Waals surface area contributed by atoms with Crippen molar-refractivity contribution in [3.8, 4) is 11.4 Å². The molecule has 1 amide bonds. The maximum atomic E-state index is 12.8. The van der Waals surface area contributed by atoms with Gasteiger partial charge in [0.05, 0.1) is 17.8 Å². The first-order valence-electron chi connectivity index (χ1n) is 9.18. The minimum atomic E-state index is -0.218. The van der Waals surface area contributed by atoms with Crippen LogP contribution in [-0.4, -0.2) is 27.6 Å². The molecule has 4 rings (SSSR count). The number of pyridine rings is 1. The third-order valence-corrected chi connectivity index (χ3v) is 5.53. The number of halogens is 2. The number of methoxy groups -OCH3 is 1. The summed E-state index contributed by atoms with van der Waals surface area (Å²) in [6, 6.07) is 14.5. The molecule has 0 spiro atoms. The van der Waals surface area contributed by atoms with Gasteiger partial charge in [0.15, 0.2) is 5.65 Å². The number of carbonyl (C=O) groups is 1. The second-order valence-corrected chi connectivity index (χ2v) is 7.97. The third-order valence-electron chi connectivity index (χ3n) is 4.71. The molecule has 30 heavy (non-hydrogen) atoms. The first-order valence-corrected chi connectivity index (χ1v) is 10.4. The highest BCUT2D eigenvalue weighted by Gasteiger charge is 2.16. The fourth-order valence-corrected chi connectivity index (χ4v) is 3.91. The van der Waals surface area contributed by atoms with Gasteiger partial charge in [-0.1, -0.05) is 27.5 Å². The molecule has 0 aliphatic heterocycles. The van der Waals surface area contributed by atoms with Crippen LogP contribution in [0.15, 0.2) is 59.2 Å². The molecule has 6 nitrogen and oxygen atoms in total. The summed E-state index contributed by atoms with van der Waals surface area (Å²) in [5.74, 6) is 1.23. The lowest BCUT2D eigenvalue weighted by Crippen LogP contribution is -2.23. The van der Waals surface area contributed by atoms with E-state index < -0.39 is 0 Å². The van der Waals surface area contributed by atoms with E-state index in [1.807, 2.05) is 41.8 Å². The molecule has 0 unspecified atom stereocenters. The van der Waals surface area contributed by atoms with E-state index in [-0.39, 0.29) is 5.91 Å². The van der Waals surface area contributed by atoms with Crippen LogP contribution in [0.4, 0.5) is 0 Å². The van der Waals surface area contributed by atoms with Crippen LogP contribution >= 0.6 is 27.5 Å². The number of nitrogens with one attached hydrogen (secondary N) is 1. The summed E-state index contributed by atoms with van der Waals surface area (Å²) in [7, 11) is 1.60. The number of amides is 1. The summed E-state index contributed by atoms with van der Waals surface area (Å²) >= 11 is 9.91. The average Bonchev–Trinajstić information content (AvgIpc) is 3.08. The van der Waals surface area contributed by atoms with E-state index in [1.165, 1.54) is 0 Å². The smallest absolute Gasteiger partial charge is 0.251 e. The van der Waals surface area contributed by atoms with Gasteiger partial charge in [-0.15, -0.1) is 0 Å². The molecule has 2 aromatic carbocycles. The first kappa shape index (κ1) is 20.4. The van der Waals surface area contributed by atoms with Gasteiger partial charge in [-0.25, -0.2) is 9.97 Å². The summed E-state index contributed by atoms with van der Waals surface area (Å²) in [4.78, 5) is 21.8. The van der Waals surface area contributed by atoms with E-state index in [4.69, 9.17) is 16.3 Å². The maximum Gasteiger partial charge on any atom is 0.251 e. The van der Waals surface area contributed by atoms with Crippen molar-refractivity contribution in [1.82, 2.24) is 19.9 Å². The van der Waals surface area contributed by atoms with Crippen LogP contribution in [0, 0.1) is 6.92 Å². The van der Waals surface area contributed by atoms with Crippen LogP contribution < -0.4 is 10.1 Å². The molecule has 0 fully saturated rings. The lowest BCUT2D eigenvalue weighted by Gasteiger charge is -2.13. The Morgan fingerprint density at radius 2 is 2.07 bits per heavy atom. The topological polar surface area (TPSA) is 69.0 Å². The molecule has 0 atom stereocenters. The predicted molar refractivity (Wildman–Crippen MR) is 120 cm³/mol. The molecule has 0 saturated carbocycles. The van der Waals surface area contributed by atoms with Gasteiger partial charge in [-0.3, -0.25) is 9.36 Å². The monoisotopic (exact) mass is 484 g/mol. The Morgan fingerprint density at radius 3 is 2.87 bits per heavy atom. The zero-order valence-electron chi connectivity index (χ0n) is 16.3. The van der Waals surface area contributed by atoms with Crippen LogP contribution in [0.2, 0.25) is 5.02 Å². The summed E-state index contributed by atoms with van der Waals surface area (Å²) in [5, 5.41) is 3.45. The van der Waals surface area contributed by atoms with Crippen molar-refractivity contribution in [1.29, 1.82) is 0 Å². The number of ether oxygens (including phenoxy) is 1. The molecule has 2 aromatic heterocycles. The highest BCUT2D eigenvalue weighted by atomic mass is 79.9. The quantitative estimate of drug-likeness (QED) is 0.428. The van der Waals surface area contributed by atoms with E-state index >= 15 is 0 Å². The molecule has 8 heteroatoms. The number of imidazole rings is 1. The van der Waals surface area contributed by atoms with Gasteiger partial charge in [0.1, 0.15) is 17.1 Å². The number of rotatable bonds is 5. The first-order chi connectivity index (χ1) is 14.5. The Hall–Kier alpha value is -2.90. The number of hydrogen-bond acceptors (Lipinski definition) is 4. The standard InChI is InChI=1S/C22H18BrClN4O2/c1-13-27-18-4-3-9-25-21(18)28(13)19-11-14(5-7-17(19)24)22(29)26-12-15-10-16(23)6-8-20(15)30-2/h3-11H,12H2,1-2H3,(H,26,29). The fraction of sp³-hybridized carbons (Fsp3) is 0.136. The number of fused-ring (bicyclic) bond motifs is 1. The Balaban J connectivity index is 1.64. The van der Waals surface area contributed by atoms with Gasteiger partial charge in [0.2, 0.25) is 0 Å². The molecule has 0 radical (unpaired) electrons. The van der Waals surface area contributed by atoms with Gasteiger partial charge < -0.3 is 10.1 Å².